The van der Waals surface area contributed by atoms with Crippen molar-refractivity contribution in [1.29, 1.82) is 0 Å². The number of aromatic amines is 1. The van der Waals surface area contributed by atoms with E-state index in [1.165, 1.54) is 18.3 Å². The molecule has 0 saturated carbocycles. The molecule has 0 spiro atoms. The molecule has 1 N–H and O–H groups in total. The van der Waals surface area contributed by atoms with Crippen LogP contribution in [0.25, 0.3) is 0 Å². The molecule has 104 valence electrons. The zero-order valence-corrected chi connectivity index (χ0v) is 10.9. The predicted octanol–water partition coefficient (Wildman–Crippen LogP) is 1.68. The summed E-state index contributed by atoms with van der Waals surface area (Å²) in [5.41, 5.74) is -0.0308. The number of carbonyl (C=O) groups is 1. The second kappa shape index (κ2) is 6.10. The fourth-order valence-electron chi connectivity index (χ4n) is 1.72. The van der Waals surface area contributed by atoms with Gasteiger partial charge in [-0.2, -0.15) is 0 Å². The van der Waals surface area contributed by atoms with Gasteiger partial charge in [-0.25, -0.2) is 14.2 Å². The maximum Gasteiger partial charge on any atom is 0.345 e. The number of halogens is 1. The SMILES string of the molecule is CCOC(=O)c1cnc(Cc2cccc(F)c2)[nH]c1=O. The fourth-order valence-corrected chi connectivity index (χ4v) is 1.72. The summed E-state index contributed by atoms with van der Waals surface area (Å²) >= 11 is 0. The Hall–Kier alpha value is -2.50. The minimum absolute atomic E-state index is 0.144. The van der Waals surface area contributed by atoms with Crippen LogP contribution in [0.5, 0.6) is 0 Å². The van der Waals surface area contributed by atoms with Crippen molar-refractivity contribution < 1.29 is 13.9 Å². The highest BCUT2D eigenvalue weighted by molar-refractivity contribution is 5.88. The average molecular weight is 276 g/mol. The molecule has 0 bridgehead atoms. The van der Waals surface area contributed by atoms with E-state index >= 15 is 0 Å². The number of hydrogen-bond donors (Lipinski definition) is 1. The smallest absolute Gasteiger partial charge is 0.345 e. The fraction of sp³-hybridized carbons (Fsp3) is 0.214. The lowest BCUT2D eigenvalue weighted by Crippen LogP contribution is -2.22. The van der Waals surface area contributed by atoms with Crippen LogP contribution in [0, 0.1) is 5.82 Å². The normalized spacial score (nSPS) is 10.3. The Bertz CT molecular complexity index is 682. The van der Waals surface area contributed by atoms with Crippen LogP contribution in [0.15, 0.2) is 35.3 Å². The number of rotatable bonds is 4. The Labute approximate surface area is 114 Å². The van der Waals surface area contributed by atoms with E-state index < -0.39 is 11.5 Å². The third-order valence-corrected chi connectivity index (χ3v) is 2.61. The Morgan fingerprint density at radius 2 is 2.25 bits per heavy atom. The van der Waals surface area contributed by atoms with Crippen LogP contribution in [-0.2, 0) is 11.2 Å². The van der Waals surface area contributed by atoms with Crippen molar-refractivity contribution in [1.82, 2.24) is 9.97 Å². The molecule has 0 radical (unpaired) electrons. The van der Waals surface area contributed by atoms with Crippen molar-refractivity contribution in [2.24, 2.45) is 0 Å². The molecule has 2 aromatic rings. The number of carbonyl (C=O) groups excluding carboxylic acids is 1. The van der Waals surface area contributed by atoms with Crippen LogP contribution < -0.4 is 5.56 Å². The molecule has 0 aliphatic carbocycles. The third-order valence-electron chi connectivity index (χ3n) is 2.61. The highest BCUT2D eigenvalue weighted by atomic mass is 19.1. The van der Waals surface area contributed by atoms with Gasteiger partial charge in [0.05, 0.1) is 6.61 Å². The van der Waals surface area contributed by atoms with E-state index in [0.717, 1.165) is 0 Å². The lowest BCUT2D eigenvalue weighted by Gasteiger charge is -2.03. The van der Waals surface area contributed by atoms with Crippen molar-refractivity contribution in [3.05, 3.63) is 63.6 Å². The van der Waals surface area contributed by atoms with Gasteiger partial charge in [0.1, 0.15) is 17.2 Å². The molecule has 1 aromatic carbocycles. The lowest BCUT2D eigenvalue weighted by atomic mass is 10.1. The van der Waals surface area contributed by atoms with Gasteiger partial charge in [0.25, 0.3) is 5.56 Å². The average Bonchev–Trinajstić information content (AvgIpc) is 2.39. The van der Waals surface area contributed by atoms with Crippen LogP contribution in [0.4, 0.5) is 4.39 Å². The van der Waals surface area contributed by atoms with E-state index in [2.05, 4.69) is 9.97 Å². The van der Waals surface area contributed by atoms with Gasteiger partial charge in [0, 0.05) is 12.6 Å². The second-order valence-electron chi connectivity index (χ2n) is 4.10. The summed E-state index contributed by atoms with van der Waals surface area (Å²) in [6, 6.07) is 6.00. The molecule has 0 aliphatic rings. The van der Waals surface area contributed by atoms with Gasteiger partial charge < -0.3 is 9.72 Å². The van der Waals surface area contributed by atoms with Crippen LogP contribution >= 0.6 is 0 Å². The number of benzene rings is 1. The molecule has 0 atom stereocenters. The van der Waals surface area contributed by atoms with Gasteiger partial charge in [-0.15, -0.1) is 0 Å². The highest BCUT2D eigenvalue weighted by Gasteiger charge is 2.12. The third kappa shape index (κ3) is 3.28. The van der Waals surface area contributed by atoms with Gasteiger partial charge in [-0.1, -0.05) is 12.1 Å². The summed E-state index contributed by atoms with van der Waals surface area (Å²) in [5, 5.41) is 0. The van der Waals surface area contributed by atoms with Crippen molar-refractivity contribution in [3.8, 4) is 0 Å². The molecule has 6 heteroatoms. The zero-order chi connectivity index (χ0) is 14.5. The van der Waals surface area contributed by atoms with Crippen molar-refractivity contribution in [2.45, 2.75) is 13.3 Å². The van der Waals surface area contributed by atoms with E-state index in [-0.39, 0.29) is 24.4 Å². The molecule has 0 fully saturated rings. The summed E-state index contributed by atoms with van der Waals surface area (Å²) in [4.78, 5) is 29.7. The summed E-state index contributed by atoms with van der Waals surface area (Å²) < 4.78 is 17.8. The molecule has 0 amide bonds. The number of aromatic nitrogens is 2. The van der Waals surface area contributed by atoms with Crippen molar-refractivity contribution >= 4 is 5.97 Å². The molecule has 0 unspecified atom stereocenters. The molecular formula is C14H13FN2O3. The molecule has 2 rings (SSSR count). The van der Waals surface area contributed by atoms with Crippen LogP contribution in [0.3, 0.4) is 0 Å². The number of nitrogens with one attached hydrogen (secondary N) is 1. The highest BCUT2D eigenvalue weighted by Crippen LogP contribution is 2.07. The van der Waals surface area contributed by atoms with Crippen LogP contribution in [-0.4, -0.2) is 22.5 Å². The number of H-pyrrole nitrogens is 1. The standard InChI is InChI=1S/C14H13FN2O3/c1-2-20-14(19)11-8-16-12(17-13(11)18)7-9-4-3-5-10(15)6-9/h3-6,8H,2,7H2,1H3,(H,16,17,18). The minimum atomic E-state index is -0.710. The van der Waals surface area contributed by atoms with Gasteiger partial charge in [0.15, 0.2) is 0 Å². The quantitative estimate of drug-likeness (QED) is 0.862. The summed E-state index contributed by atoms with van der Waals surface area (Å²) in [5.74, 6) is -0.708. The second-order valence-corrected chi connectivity index (χ2v) is 4.10. The van der Waals surface area contributed by atoms with Gasteiger partial charge in [-0.3, -0.25) is 4.79 Å². The van der Waals surface area contributed by atoms with Crippen molar-refractivity contribution in [3.63, 3.8) is 0 Å². The zero-order valence-electron chi connectivity index (χ0n) is 10.9. The van der Waals surface area contributed by atoms with Gasteiger partial charge >= 0.3 is 5.97 Å². The first kappa shape index (κ1) is 13.9. The lowest BCUT2D eigenvalue weighted by molar-refractivity contribution is 0.0523. The largest absolute Gasteiger partial charge is 0.462 e. The summed E-state index contributed by atoms with van der Waals surface area (Å²) in [6.45, 7) is 1.83. The van der Waals surface area contributed by atoms with E-state index in [9.17, 15) is 14.0 Å². The maximum atomic E-state index is 13.1. The summed E-state index contributed by atoms with van der Waals surface area (Å²) in [6.07, 6.45) is 1.45. The summed E-state index contributed by atoms with van der Waals surface area (Å²) in [7, 11) is 0. The number of ether oxygens (including phenoxy) is 1. The molecule has 0 aliphatic heterocycles. The first-order chi connectivity index (χ1) is 9.60. The molecule has 1 heterocycles. The van der Waals surface area contributed by atoms with E-state index in [4.69, 9.17) is 4.74 Å². The molecule has 1 aromatic heterocycles. The predicted molar refractivity (Wildman–Crippen MR) is 70.0 cm³/mol. The van der Waals surface area contributed by atoms with E-state index in [0.29, 0.717) is 11.4 Å². The molecule has 5 nitrogen and oxygen atoms in total. The Kier molecular flexibility index (Phi) is 4.24. The molecule has 0 saturated heterocycles. The Balaban J connectivity index is 2.21. The topological polar surface area (TPSA) is 72.0 Å². The Morgan fingerprint density at radius 1 is 1.45 bits per heavy atom. The number of hydrogen-bond acceptors (Lipinski definition) is 4. The molecular weight excluding hydrogens is 263 g/mol. The monoisotopic (exact) mass is 276 g/mol. The number of nitrogens with zero attached hydrogens (tertiary/aromatic N) is 1. The van der Waals surface area contributed by atoms with Crippen molar-refractivity contribution in [2.75, 3.05) is 6.61 Å². The van der Waals surface area contributed by atoms with Gasteiger partial charge in [0.2, 0.25) is 0 Å². The first-order valence-electron chi connectivity index (χ1n) is 6.10. The number of esters is 1. The maximum absolute atomic E-state index is 13.1. The van der Waals surface area contributed by atoms with E-state index in [1.54, 1.807) is 19.1 Å². The van der Waals surface area contributed by atoms with Gasteiger partial charge in [-0.05, 0) is 24.6 Å². The first-order valence-corrected chi connectivity index (χ1v) is 6.10. The molecule has 20 heavy (non-hydrogen) atoms. The minimum Gasteiger partial charge on any atom is -0.462 e. The van der Waals surface area contributed by atoms with E-state index in [1.807, 2.05) is 0 Å². The Morgan fingerprint density at radius 3 is 2.90 bits per heavy atom. The van der Waals surface area contributed by atoms with Crippen LogP contribution in [0.1, 0.15) is 28.7 Å². The van der Waals surface area contributed by atoms with Crippen LogP contribution in [0.2, 0.25) is 0 Å².